The van der Waals surface area contributed by atoms with Gasteiger partial charge in [0.25, 0.3) is 0 Å². The van der Waals surface area contributed by atoms with E-state index in [1.165, 1.54) is 0 Å². The number of nitriles is 1. The van der Waals surface area contributed by atoms with Crippen LogP contribution in [0.15, 0.2) is 18.2 Å². The van der Waals surface area contributed by atoms with E-state index in [-0.39, 0.29) is 0 Å². The van der Waals surface area contributed by atoms with Gasteiger partial charge in [0.15, 0.2) is 0 Å². The van der Waals surface area contributed by atoms with E-state index in [1.54, 1.807) is 0 Å². The first-order valence-corrected chi connectivity index (χ1v) is 5.90. The van der Waals surface area contributed by atoms with Crippen molar-refractivity contribution in [1.82, 2.24) is 4.90 Å². The Morgan fingerprint density at radius 2 is 1.94 bits per heavy atom. The number of hydrogen-bond donors (Lipinski definition) is 1. The maximum absolute atomic E-state index is 9.10. The van der Waals surface area contributed by atoms with Crippen LogP contribution in [-0.4, -0.2) is 45.2 Å². The van der Waals surface area contributed by atoms with E-state index < -0.39 is 0 Å². The van der Waals surface area contributed by atoms with Crippen molar-refractivity contribution in [2.24, 2.45) is 0 Å². The lowest BCUT2D eigenvalue weighted by atomic mass is 10.1. The van der Waals surface area contributed by atoms with E-state index in [9.17, 15) is 0 Å². The molecule has 0 bridgehead atoms. The molecule has 1 saturated heterocycles. The minimum atomic E-state index is 0.712. The van der Waals surface area contributed by atoms with Crippen LogP contribution in [0.4, 0.5) is 11.4 Å². The molecule has 0 radical (unpaired) electrons. The number of piperazine rings is 1. The average Bonchev–Trinajstić information content (AvgIpc) is 2.39. The van der Waals surface area contributed by atoms with Crippen molar-refractivity contribution in [3.63, 3.8) is 0 Å². The van der Waals surface area contributed by atoms with Crippen molar-refractivity contribution in [2.75, 3.05) is 50.5 Å². The van der Waals surface area contributed by atoms with Gasteiger partial charge < -0.3 is 15.1 Å². The molecule has 0 aromatic heterocycles. The van der Waals surface area contributed by atoms with Crippen LogP contribution in [0.3, 0.4) is 0 Å². The molecule has 1 aliphatic heterocycles. The predicted molar refractivity (Wildman–Crippen MR) is 70.4 cm³/mol. The largest absolute Gasteiger partial charge is 0.387 e. The van der Waals surface area contributed by atoms with Crippen LogP contribution >= 0.6 is 0 Å². The number of benzene rings is 1. The standard InChI is InChI=1S/C13H18N4/c1-15-13-4-3-12(9-11(13)10-14)17-7-5-16(2)6-8-17/h3-4,9,15H,5-8H2,1-2H3. The van der Waals surface area contributed by atoms with Gasteiger partial charge in [-0.2, -0.15) is 5.26 Å². The summed E-state index contributed by atoms with van der Waals surface area (Å²) in [5.41, 5.74) is 2.75. The fourth-order valence-corrected chi connectivity index (χ4v) is 2.10. The lowest BCUT2D eigenvalue weighted by Crippen LogP contribution is -2.44. The van der Waals surface area contributed by atoms with Gasteiger partial charge in [-0.1, -0.05) is 0 Å². The third-order valence-corrected chi connectivity index (χ3v) is 3.26. The fraction of sp³-hybridized carbons (Fsp3) is 0.462. The summed E-state index contributed by atoms with van der Waals surface area (Å²) in [5, 5.41) is 12.1. The maximum Gasteiger partial charge on any atom is 0.101 e. The Morgan fingerprint density at radius 1 is 1.24 bits per heavy atom. The summed E-state index contributed by atoms with van der Waals surface area (Å²) in [6, 6.07) is 8.26. The highest BCUT2D eigenvalue weighted by Crippen LogP contribution is 2.23. The van der Waals surface area contributed by atoms with Crippen LogP contribution in [0.25, 0.3) is 0 Å². The quantitative estimate of drug-likeness (QED) is 0.833. The summed E-state index contributed by atoms with van der Waals surface area (Å²) in [5.74, 6) is 0. The van der Waals surface area contributed by atoms with Crippen LogP contribution in [-0.2, 0) is 0 Å². The molecular weight excluding hydrogens is 212 g/mol. The minimum absolute atomic E-state index is 0.712. The fourth-order valence-electron chi connectivity index (χ4n) is 2.10. The summed E-state index contributed by atoms with van der Waals surface area (Å²) in [4.78, 5) is 4.66. The van der Waals surface area contributed by atoms with Gasteiger partial charge in [0.1, 0.15) is 6.07 Å². The highest BCUT2D eigenvalue weighted by atomic mass is 15.2. The second-order valence-electron chi connectivity index (χ2n) is 4.38. The highest BCUT2D eigenvalue weighted by Gasteiger charge is 2.15. The SMILES string of the molecule is CNc1ccc(N2CCN(C)CC2)cc1C#N. The molecule has 0 amide bonds. The highest BCUT2D eigenvalue weighted by molar-refractivity contribution is 5.64. The topological polar surface area (TPSA) is 42.3 Å². The van der Waals surface area contributed by atoms with Crippen LogP contribution in [0, 0.1) is 11.3 Å². The Morgan fingerprint density at radius 3 is 2.53 bits per heavy atom. The second kappa shape index (κ2) is 5.07. The first kappa shape index (κ1) is 11.7. The number of likely N-dealkylation sites (N-methyl/N-ethyl adjacent to an activating group) is 1. The second-order valence-corrected chi connectivity index (χ2v) is 4.38. The molecule has 2 rings (SSSR count). The average molecular weight is 230 g/mol. The zero-order valence-corrected chi connectivity index (χ0v) is 10.4. The third kappa shape index (κ3) is 2.51. The van der Waals surface area contributed by atoms with Crippen LogP contribution in [0.2, 0.25) is 0 Å². The Kier molecular flexibility index (Phi) is 3.50. The summed E-state index contributed by atoms with van der Waals surface area (Å²) in [6.45, 7) is 4.21. The molecule has 90 valence electrons. The van der Waals surface area contributed by atoms with E-state index in [2.05, 4.69) is 34.3 Å². The first-order valence-electron chi connectivity index (χ1n) is 5.90. The van der Waals surface area contributed by atoms with E-state index >= 15 is 0 Å². The normalized spacial score (nSPS) is 16.6. The van der Waals surface area contributed by atoms with Gasteiger partial charge in [0.2, 0.25) is 0 Å². The molecule has 17 heavy (non-hydrogen) atoms. The molecule has 1 aliphatic rings. The molecule has 0 spiro atoms. The lowest BCUT2D eigenvalue weighted by molar-refractivity contribution is 0.313. The molecule has 0 aliphatic carbocycles. The third-order valence-electron chi connectivity index (χ3n) is 3.26. The number of rotatable bonds is 2. The van der Waals surface area contributed by atoms with Crippen LogP contribution in [0.5, 0.6) is 0 Å². The molecule has 0 atom stereocenters. The molecule has 4 heteroatoms. The molecule has 1 aromatic rings. The zero-order valence-electron chi connectivity index (χ0n) is 10.4. The molecule has 1 heterocycles. The van der Waals surface area contributed by atoms with Gasteiger partial charge in [0, 0.05) is 38.9 Å². The van der Waals surface area contributed by atoms with E-state index in [4.69, 9.17) is 5.26 Å². The lowest BCUT2D eigenvalue weighted by Gasteiger charge is -2.34. The monoisotopic (exact) mass is 230 g/mol. The Balaban J connectivity index is 2.19. The Bertz CT molecular complexity index is 428. The number of nitrogens with one attached hydrogen (secondary N) is 1. The summed E-state index contributed by atoms with van der Waals surface area (Å²) < 4.78 is 0. The van der Waals surface area contributed by atoms with Gasteiger partial charge in [-0.25, -0.2) is 0 Å². The number of anilines is 2. The first-order chi connectivity index (χ1) is 8.24. The molecular formula is C13H18N4. The van der Waals surface area contributed by atoms with E-state index in [1.807, 2.05) is 19.2 Å². The summed E-state index contributed by atoms with van der Waals surface area (Å²) in [7, 11) is 3.98. The van der Waals surface area contributed by atoms with E-state index in [0.29, 0.717) is 5.56 Å². The Hall–Kier alpha value is -1.73. The van der Waals surface area contributed by atoms with Gasteiger partial charge in [-0.3, -0.25) is 0 Å². The van der Waals surface area contributed by atoms with Crippen molar-refractivity contribution in [3.05, 3.63) is 23.8 Å². The predicted octanol–water partition coefficient (Wildman–Crippen LogP) is 1.35. The van der Waals surface area contributed by atoms with Gasteiger partial charge in [0.05, 0.1) is 11.3 Å². The number of nitrogens with zero attached hydrogens (tertiary/aromatic N) is 3. The molecule has 1 aromatic carbocycles. The van der Waals surface area contributed by atoms with Gasteiger partial charge >= 0.3 is 0 Å². The van der Waals surface area contributed by atoms with Gasteiger partial charge in [-0.15, -0.1) is 0 Å². The van der Waals surface area contributed by atoms with Crippen molar-refractivity contribution >= 4 is 11.4 Å². The summed E-state index contributed by atoms with van der Waals surface area (Å²) >= 11 is 0. The summed E-state index contributed by atoms with van der Waals surface area (Å²) in [6.07, 6.45) is 0. The van der Waals surface area contributed by atoms with Crippen LogP contribution in [0.1, 0.15) is 5.56 Å². The molecule has 0 unspecified atom stereocenters. The van der Waals surface area contributed by atoms with Gasteiger partial charge in [-0.05, 0) is 25.2 Å². The molecule has 1 N–H and O–H groups in total. The molecule has 1 fully saturated rings. The zero-order chi connectivity index (χ0) is 12.3. The van der Waals surface area contributed by atoms with Crippen molar-refractivity contribution in [1.29, 1.82) is 5.26 Å². The Labute approximate surface area is 102 Å². The van der Waals surface area contributed by atoms with E-state index in [0.717, 1.165) is 37.6 Å². The molecule has 4 nitrogen and oxygen atoms in total. The van der Waals surface area contributed by atoms with Crippen molar-refractivity contribution in [3.8, 4) is 6.07 Å². The van der Waals surface area contributed by atoms with Crippen molar-refractivity contribution in [2.45, 2.75) is 0 Å². The molecule has 0 saturated carbocycles. The van der Waals surface area contributed by atoms with Crippen LogP contribution < -0.4 is 10.2 Å². The minimum Gasteiger partial charge on any atom is -0.387 e. The number of hydrogen-bond acceptors (Lipinski definition) is 4. The van der Waals surface area contributed by atoms with Crippen molar-refractivity contribution < 1.29 is 0 Å². The maximum atomic E-state index is 9.10. The smallest absolute Gasteiger partial charge is 0.101 e.